The molecule has 116 valence electrons. The number of aryl methyl sites for hydroxylation is 1. The second kappa shape index (κ2) is 7.25. The minimum absolute atomic E-state index is 0.0434. The maximum Gasteiger partial charge on any atom is 0.226 e. The molecule has 1 N–H and O–H groups in total. The van der Waals surface area contributed by atoms with Gasteiger partial charge in [-0.1, -0.05) is 66.2 Å². The molecule has 0 aliphatic heterocycles. The number of carbonyl (C=O) groups is 1. The van der Waals surface area contributed by atoms with Crippen molar-refractivity contribution in [2.45, 2.75) is 19.4 Å². The van der Waals surface area contributed by atoms with E-state index < -0.39 is 0 Å². The molecule has 0 spiro atoms. The van der Waals surface area contributed by atoms with Gasteiger partial charge in [0.1, 0.15) is 0 Å². The van der Waals surface area contributed by atoms with Gasteiger partial charge < -0.3 is 5.32 Å². The highest BCUT2D eigenvalue weighted by Crippen LogP contribution is 2.23. The zero-order valence-electron chi connectivity index (χ0n) is 13.0. The molecule has 3 rings (SSSR count). The van der Waals surface area contributed by atoms with Crippen LogP contribution in [0.3, 0.4) is 0 Å². The first kappa shape index (κ1) is 15.5. The molecule has 0 bridgehead atoms. The first-order valence-corrected chi connectivity index (χ1v) is 8.53. The van der Waals surface area contributed by atoms with Gasteiger partial charge >= 0.3 is 0 Å². The summed E-state index contributed by atoms with van der Waals surface area (Å²) in [5.74, 6) is 0.0434. The van der Waals surface area contributed by atoms with Crippen LogP contribution in [0.2, 0.25) is 0 Å². The Morgan fingerprint density at radius 3 is 2.30 bits per heavy atom. The highest BCUT2D eigenvalue weighted by atomic mass is 32.1. The zero-order valence-corrected chi connectivity index (χ0v) is 13.8. The average molecular weight is 321 g/mol. The van der Waals surface area contributed by atoms with Gasteiger partial charge in [-0.25, -0.2) is 0 Å². The maximum absolute atomic E-state index is 12.4. The Balaban J connectivity index is 1.83. The summed E-state index contributed by atoms with van der Waals surface area (Å²) in [6.07, 6.45) is 0.423. The number of hydrogen-bond donors (Lipinski definition) is 1. The van der Waals surface area contributed by atoms with Crippen LogP contribution in [-0.4, -0.2) is 5.91 Å². The normalized spacial score (nSPS) is 11.9. The molecule has 1 amide bonds. The summed E-state index contributed by atoms with van der Waals surface area (Å²) in [4.78, 5) is 13.5. The van der Waals surface area contributed by atoms with E-state index in [0.29, 0.717) is 6.42 Å². The summed E-state index contributed by atoms with van der Waals surface area (Å²) < 4.78 is 0. The van der Waals surface area contributed by atoms with E-state index in [0.717, 1.165) is 16.0 Å². The van der Waals surface area contributed by atoms with Crippen molar-refractivity contribution in [3.05, 3.63) is 93.7 Å². The van der Waals surface area contributed by atoms with Crippen molar-refractivity contribution in [3.63, 3.8) is 0 Å². The fourth-order valence-corrected chi connectivity index (χ4v) is 3.25. The molecule has 0 unspecified atom stereocenters. The van der Waals surface area contributed by atoms with E-state index in [9.17, 15) is 4.79 Å². The molecule has 3 aromatic rings. The van der Waals surface area contributed by atoms with Crippen LogP contribution in [-0.2, 0) is 11.2 Å². The summed E-state index contributed by atoms with van der Waals surface area (Å²) in [7, 11) is 0. The van der Waals surface area contributed by atoms with E-state index >= 15 is 0 Å². The van der Waals surface area contributed by atoms with Gasteiger partial charge in [0.2, 0.25) is 5.91 Å². The third kappa shape index (κ3) is 4.08. The molecule has 0 fully saturated rings. The molecular formula is C20H19NOS. The number of nitrogens with one attached hydrogen (secondary N) is 1. The fraction of sp³-hybridized carbons (Fsp3) is 0.150. The summed E-state index contributed by atoms with van der Waals surface area (Å²) in [6, 6.07) is 22.3. The van der Waals surface area contributed by atoms with Crippen molar-refractivity contribution in [1.82, 2.24) is 5.32 Å². The maximum atomic E-state index is 12.4. The topological polar surface area (TPSA) is 29.1 Å². The Morgan fingerprint density at radius 2 is 1.65 bits per heavy atom. The number of rotatable bonds is 5. The predicted molar refractivity (Wildman–Crippen MR) is 95.6 cm³/mol. The van der Waals surface area contributed by atoms with Crippen molar-refractivity contribution in [2.24, 2.45) is 0 Å². The molecule has 0 radical (unpaired) electrons. The monoisotopic (exact) mass is 321 g/mol. The lowest BCUT2D eigenvalue weighted by Gasteiger charge is -2.20. The smallest absolute Gasteiger partial charge is 0.226 e. The minimum Gasteiger partial charge on any atom is -0.345 e. The molecule has 2 nitrogen and oxygen atoms in total. The Bertz CT molecular complexity index is 748. The van der Waals surface area contributed by atoms with E-state index in [1.54, 1.807) is 11.3 Å². The number of hydrogen-bond acceptors (Lipinski definition) is 2. The van der Waals surface area contributed by atoms with E-state index in [1.807, 2.05) is 35.7 Å². The Morgan fingerprint density at radius 1 is 0.957 bits per heavy atom. The van der Waals surface area contributed by atoms with Crippen molar-refractivity contribution in [1.29, 1.82) is 0 Å². The van der Waals surface area contributed by atoms with Gasteiger partial charge in [-0.2, -0.15) is 0 Å². The number of carbonyl (C=O) groups excluding carboxylic acids is 1. The zero-order chi connectivity index (χ0) is 16.1. The molecule has 0 aliphatic rings. The van der Waals surface area contributed by atoms with Crippen molar-refractivity contribution >= 4 is 17.2 Å². The molecule has 0 saturated heterocycles. The standard InChI is InChI=1S/C20H19NOS/c1-15-9-11-17(12-10-15)20(16-6-3-2-4-7-16)21-19(22)14-18-8-5-13-23-18/h2-13,20H,14H2,1H3,(H,21,22)/t20-/m1/s1. The van der Waals surface area contributed by atoms with Gasteiger partial charge in [-0.05, 0) is 29.5 Å². The molecule has 1 heterocycles. The molecule has 23 heavy (non-hydrogen) atoms. The Kier molecular flexibility index (Phi) is 4.89. The number of benzene rings is 2. The molecule has 0 aliphatic carbocycles. The number of amides is 1. The highest BCUT2D eigenvalue weighted by Gasteiger charge is 2.17. The molecule has 2 aromatic carbocycles. The van der Waals surface area contributed by atoms with Crippen LogP contribution < -0.4 is 5.32 Å². The lowest BCUT2D eigenvalue weighted by atomic mass is 9.97. The summed E-state index contributed by atoms with van der Waals surface area (Å²) >= 11 is 1.61. The first-order valence-electron chi connectivity index (χ1n) is 7.65. The quantitative estimate of drug-likeness (QED) is 0.736. The average Bonchev–Trinajstić information content (AvgIpc) is 3.07. The second-order valence-electron chi connectivity index (χ2n) is 5.58. The second-order valence-corrected chi connectivity index (χ2v) is 6.61. The molecule has 1 aromatic heterocycles. The van der Waals surface area contributed by atoms with Gasteiger partial charge in [-0.3, -0.25) is 4.79 Å². The molecule has 0 saturated carbocycles. The minimum atomic E-state index is -0.121. The van der Waals surface area contributed by atoms with Crippen LogP contribution in [0.5, 0.6) is 0 Å². The van der Waals surface area contributed by atoms with Gasteiger partial charge in [-0.15, -0.1) is 11.3 Å². The largest absolute Gasteiger partial charge is 0.345 e. The van der Waals surface area contributed by atoms with E-state index in [2.05, 4.69) is 48.6 Å². The van der Waals surface area contributed by atoms with Crippen LogP contribution in [0, 0.1) is 6.92 Å². The van der Waals surface area contributed by atoms with Crippen LogP contribution in [0.1, 0.15) is 27.6 Å². The predicted octanol–water partition coefficient (Wildman–Crippen LogP) is 4.50. The van der Waals surface area contributed by atoms with E-state index in [4.69, 9.17) is 0 Å². The molecule has 3 heteroatoms. The SMILES string of the molecule is Cc1ccc([C@H](NC(=O)Cc2cccs2)c2ccccc2)cc1. The third-order valence-corrected chi connectivity index (χ3v) is 4.64. The van der Waals surface area contributed by atoms with Crippen LogP contribution in [0.4, 0.5) is 0 Å². The molecular weight excluding hydrogens is 302 g/mol. The first-order chi connectivity index (χ1) is 11.2. The Hall–Kier alpha value is -2.39. The van der Waals surface area contributed by atoms with Gasteiger partial charge in [0.15, 0.2) is 0 Å². The summed E-state index contributed by atoms with van der Waals surface area (Å²) in [5.41, 5.74) is 3.41. The van der Waals surface area contributed by atoms with Gasteiger partial charge in [0.05, 0.1) is 12.5 Å². The van der Waals surface area contributed by atoms with Gasteiger partial charge in [0.25, 0.3) is 0 Å². The van der Waals surface area contributed by atoms with E-state index in [1.165, 1.54) is 5.56 Å². The van der Waals surface area contributed by atoms with Crippen LogP contribution in [0.15, 0.2) is 72.1 Å². The molecule has 1 atom stereocenters. The fourth-order valence-electron chi connectivity index (χ4n) is 2.55. The van der Waals surface area contributed by atoms with Gasteiger partial charge in [0, 0.05) is 4.88 Å². The van der Waals surface area contributed by atoms with Crippen LogP contribution in [0.25, 0.3) is 0 Å². The van der Waals surface area contributed by atoms with Crippen molar-refractivity contribution in [2.75, 3.05) is 0 Å². The van der Waals surface area contributed by atoms with E-state index in [-0.39, 0.29) is 11.9 Å². The third-order valence-electron chi connectivity index (χ3n) is 3.76. The summed E-state index contributed by atoms with van der Waals surface area (Å²) in [6.45, 7) is 2.07. The van der Waals surface area contributed by atoms with Crippen molar-refractivity contribution < 1.29 is 4.79 Å². The Labute approximate surface area is 140 Å². The van der Waals surface area contributed by atoms with Crippen molar-refractivity contribution in [3.8, 4) is 0 Å². The van der Waals surface area contributed by atoms with Crippen LogP contribution >= 0.6 is 11.3 Å². The lowest BCUT2D eigenvalue weighted by molar-refractivity contribution is -0.120. The summed E-state index contributed by atoms with van der Waals surface area (Å²) in [5, 5.41) is 5.17. The highest BCUT2D eigenvalue weighted by molar-refractivity contribution is 7.10. The number of thiophene rings is 1. The lowest BCUT2D eigenvalue weighted by Crippen LogP contribution is -2.30.